The first-order valence-corrected chi connectivity index (χ1v) is 9.13. The second-order valence-corrected chi connectivity index (χ2v) is 7.76. The first kappa shape index (κ1) is 18.6. The third kappa shape index (κ3) is 4.64. The molecular formula is C16H19NO5S2. The molecule has 0 bridgehead atoms. The van der Waals surface area contributed by atoms with E-state index in [0.717, 1.165) is 16.2 Å². The summed E-state index contributed by atoms with van der Waals surface area (Å²) in [5, 5.41) is 9.07. The first-order valence-electron chi connectivity index (χ1n) is 7.24. The van der Waals surface area contributed by atoms with Crippen molar-refractivity contribution in [3.8, 4) is 16.2 Å². The summed E-state index contributed by atoms with van der Waals surface area (Å²) in [4.78, 5) is 12.0. The zero-order valence-corrected chi connectivity index (χ0v) is 15.1. The maximum absolute atomic E-state index is 12.2. The Kier molecular flexibility index (Phi) is 6.50. The van der Waals surface area contributed by atoms with Crippen LogP contribution in [0.3, 0.4) is 0 Å². The zero-order chi connectivity index (χ0) is 17.7. The molecule has 0 fully saturated rings. The SMILES string of the molecule is COc1ccc(-c2ccc(S(=O)ONC(C(=O)O)C(C)C)s2)cc1. The van der Waals surface area contributed by atoms with Crippen LogP contribution in [0.25, 0.3) is 10.4 Å². The Morgan fingerprint density at radius 1 is 1.21 bits per heavy atom. The number of thiophene rings is 1. The summed E-state index contributed by atoms with van der Waals surface area (Å²) in [5.41, 5.74) is 3.35. The van der Waals surface area contributed by atoms with Crippen LogP contribution in [0.15, 0.2) is 40.6 Å². The molecule has 1 aromatic heterocycles. The number of carbonyl (C=O) groups is 1. The van der Waals surface area contributed by atoms with E-state index in [2.05, 4.69) is 5.48 Å². The highest BCUT2D eigenvalue weighted by atomic mass is 32.2. The lowest BCUT2D eigenvalue weighted by molar-refractivity contribution is -0.143. The molecule has 2 atom stereocenters. The van der Waals surface area contributed by atoms with Crippen LogP contribution >= 0.6 is 11.3 Å². The minimum atomic E-state index is -1.78. The molecule has 24 heavy (non-hydrogen) atoms. The molecule has 0 saturated carbocycles. The Hall–Kier alpha value is -1.74. The van der Waals surface area contributed by atoms with Gasteiger partial charge in [0.15, 0.2) is 0 Å². The molecule has 0 aliphatic heterocycles. The lowest BCUT2D eigenvalue weighted by atomic mass is 10.1. The molecule has 2 rings (SSSR count). The predicted molar refractivity (Wildman–Crippen MR) is 93.2 cm³/mol. The molecule has 8 heteroatoms. The fourth-order valence-corrected chi connectivity index (χ4v) is 3.77. The number of carboxylic acids is 1. The van der Waals surface area contributed by atoms with Crippen LogP contribution in [0.2, 0.25) is 0 Å². The number of aliphatic carboxylic acids is 1. The molecule has 0 amide bonds. The predicted octanol–water partition coefficient (Wildman–Crippen LogP) is 3.08. The van der Waals surface area contributed by atoms with Gasteiger partial charge in [0.1, 0.15) is 16.0 Å². The van der Waals surface area contributed by atoms with E-state index in [-0.39, 0.29) is 5.92 Å². The molecule has 0 radical (unpaired) electrons. The van der Waals surface area contributed by atoms with E-state index in [0.29, 0.717) is 4.21 Å². The first-order chi connectivity index (χ1) is 11.4. The molecule has 0 aliphatic carbocycles. The number of hydrogen-bond donors (Lipinski definition) is 2. The van der Waals surface area contributed by atoms with E-state index in [9.17, 15) is 9.00 Å². The van der Waals surface area contributed by atoms with Crippen molar-refractivity contribution in [1.82, 2.24) is 5.48 Å². The fourth-order valence-electron chi connectivity index (χ4n) is 1.93. The smallest absolute Gasteiger partial charge is 0.323 e. The molecule has 1 heterocycles. The summed E-state index contributed by atoms with van der Waals surface area (Å²) in [6.45, 7) is 3.48. The molecule has 130 valence electrons. The Balaban J connectivity index is 2.03. The van der Waals surface area contributed by atoms with Gasteiger partial charge in [0.05, 0.1) is 7.11 Å². The molecule has 0 aliphatic rings. The summed E-state index contributed by atoms with van der Waals surface area (Å²) in [7, 11) is 1.60. The molecule has 2 aromatic rings. The van der Waals surface area contributed by atoms with Gasteiger partial charge in [0, 0.05) is 4.88 Å². The van der Waals surface area contributed by atoms with Gasteiger partial charge in [-0.3, -0.25) is 4.79 Å². The largest absolute Gasteiger partial charge is 0.497 e. The van der Waals surface area contributed by atoms with Gasteiger partial charge in [-0.25, -0.2) is 4.21 Å². The molecule has 6 nitrogen and oxygen atoms in total. The Morgan fingerprint density at radius 3 is 2.42 bits per heavy atom. The van der Waals surface area contributed by atoms with Crippen LogP contribution in [0.1, 0.15) is 13.8 Å². The summed E-state index contributed by atoms with van der Waals surface area (Å²) >= 11 is -0.454. The van der Waals surface area contributed by atoms with Gasteiger partial charge < -0.3 is 9.84 Å². The van der Waals surface area contributed by atoms with Gasteiger partial charge in [-0.15, -0.1) is 11.3 Å². The average Bonchev–Trinajstić information content (AvgIpc) is 3.04. The number of nitrogens with one attached hydrogen (secondary N) is 1. The van der Waals surface area contributed by atoms with Crippen LogP contribution in [0, 0.1) is 5.92 Å². The normalized spacial score (nSPS) is 13.7. The number of methoxy groups -OCH3 is 1. The van der Waals surface area contributed by atoms with Crippen LogP contribution in [0.4, 0.5) is 0 Å². The zero-order valence-electron chi connectivity index (χ0n) is 13.5. The van der Waals surface area contributed by atoms with Gasteiger partial charge in [-0.2, -0.15) is 9.76 Å². The highest BCUT2D eigenvalue weighted by Crippen LogP contribution is 2.31. The summed E-state index contributed by atoms with van der Waals surface area (Å²) in [6.07, 6.45) is 0. The molecule has 2 unspecified atom stereocenters. The van der Waals surface area contributed by atoms with Gasteiger partial charge in [0.25, 0.3) is 0 Å². The van der Waals surface area contributed by atoms with Crippen molar-refractivity contribution in [3.63, 3.8) is 0 Å². The average molecular weight is 369 g/mol. The van der Waals surface area contributed by atoms with E-state index < -0.39 is 23.1 Å². The second kappa shape index (κ2) is 8.39. The quantitative estimate of drug-likeness (QED) is 0.696. The van der Waals surface area contributed by atoms with E-state index >= 15 is 0 Å². The van der Waals surface area contributed by atoms with Crippen molar-refractivity contribution in [1.29, 1.82) is 0 Å². The van der Waals surface area contributed by atoms with E-state index in [4.69, 9.17) is 14.1 Å². The number of benzene rings is 1. The minimum Gasteiger partial charge on any atom is -0.497 e. The van der Waals surface area contributed by atoms with Crippen molar-refractivity contribution in [2.24, 2.45) is 5.92 Å². The number of hydroxylamine groups is 1. The Bertz CT molecular complexity index is 712. The van der Waals surface area contributed by atoms with Crippen molar-refractivity contribution in [2.45, 2.75) is 24.1 Å². The van der Waals surface area contributed by atoms with Crippen molar-refractivity contribution < 1.29 is 23.1 Å². The minimum absolute atomic E-state index is 0.197. The van der Waals surface area contributed by atoms with E-state index in [1.807, 2.05) is 30.3 Å². The molecule has 0 saturated heterocycles. The Morgan fingerprint density at radius 2 is 1.88 bits per heavy atom. The standard InChI is InChI=1S/C16H19NO5S2/c1-10(2)15(16(18)19)17-22-24(20)14-9-8-13(23-14)11-4-6-12(21-3)7-5-11/h4-10,15,17H,1-3H3,(H,18,19). The monoisotopic (exact) mass is 369 g/mol. The highest BCUT2D eigenvalue weighted by Gasteiger charge is 2.23. The van der Waals surface area contributed by atoms with Crippen molar-refractivity contribution in [3.05, 3.63) is 36.4 Å². The van der Waals surface area contributed by atoms with Gasteiger partial charge >= 0.3 is 5.97 Å². The van der Waals surface area contributed by atoms with Gasteiger partial charge in [-0.1, -0.05) is 13.8 Å². The molecule has 1 aromatic carbocycles. The number of ether oxygens (including phenoxy) is 1. The maximum Gasteiger partial charge on any atom is 0.323 e. The maximum atomic E-state index is 12.2. The van der Waals surface area contributed by atoms with Crippen molar-refractivity contribution >= 4 is 28.4 Å². The topological polar surface area (TPSA) is 84.9 Å². The van der Waals surface area contributed by atoms with E-state index in [1.165, 1.54) is 11.3 Å². The fraction of sp³-hybridized carbons (Fsp3) is 0.312. The van der Waals surface area contributed by atoms with E-state index in [1.54, 1.807) is 27.0 Å². The van der Waals surface area contributed by atoms with Crippen LogP contribution in [0.5, 0.6) is 5.75 Å². The summed E-state index contributed by atoms with van der Waals surface area (Å²) in [5.74, 6) is -0.482. The van der Waals surface area contributed by atoms with Crippen molar-refractivity contribution in [2.75, 3.05) is 7.11 Å². The van der Waals surface area contributed by atoms with Crippen LogP contribution < -0.4 is 10.2 Å². The van der Waals surface area contributed by atoms with Gasteiger partial charge in [-0.05, 0) is 47.9 Å². The van der Waals surface area contributed by atoms with Crippen LogP contribution in [-0.4, -0.2) is 28.4 Å². The van der Waals surface area contributed by atoms with Gasteiger partial charge in [0.2, 0.25) is 11.1 Å². The summed E-state index contributed by atoms with van der Waals surface area (Å²) in [6, 6.07) is 10.2. The second-order valence-electron chi connectivity index (χ2n) is 5.34. The summed E-state index contributed by atoms with van der Waals surface area (Å²) < 4.78 is 22.8. The number of carboxylic acid groups (broad SMARTS) is 1. The molecule has 2 N–H and O–H groups in total. The third-order valence-corrected chi connectivity index (χ3v) is 5.60. The molecular weight excluding hydrogens is 350 g/mol. The number of rotatable bonds is 8. The molecule has 0 spiro atoms. The highest BCUT2D eigenvalue weighted by molar-refractivity contribution is 7.82. The third-order valence-electron chi connectivity index (χ3n) is 3.30. The Labute approximate surface area is 147 Å². The lowest BCUT2D eigenvalue weighted by Gasteiger charge is -2.16. The van der Waals surface area contributed by atoms with Crippen LogP contribution in [-0.2, 0) is 20.2 Å². The lowest BCUT2D eigenvalue weighted by Crippen LogP contribution is -2.41. The number of hydrogen-bond acceptors (Lipinski definition) is 6.